The topological polar surface area (TPSA) is 64.6 Å². The van der Waals surface area contributed by atoms with Crippen LogP contribution in [-0.2, 0) is 33.2 Å². The summed E-state index contributed by atoms with van der Waals surface area (Å²) in [5.74, 6) is 0. The van der Waals surface area contributed by atoms with E-state index in [9.17, 15) is 0 Å². The second kappa shape index (κ2) is 45.9. The first-order valence-electron chi connectivity index (χ1n) is 23.8. The first-order valence-corrected chi connectivity index (χ1v) is 23.8. The third kappa shape index (κ3) is 39.8. The highest BCUT2D eigenvalue weighted by atomic mass is 16.8. The van der Waals surface area contributed by atoms with Crippen LogP contribution in [-0.4, -0.2) is 64.8 Å². The molecule has 0 bridgehead atoms. The zero-order valence-corrected chi connectivity index (χ0v) is 37.5. The predicted molar refractivity (Wildman–Crippen MR) is 234 cm³/mol. The zero-order chi connectivity index (χ0) is 40.1. The molecule has 7 nitrogen and oxygen atoms in total. The lowest BCUT2D eigenvalue weighted by Gasteiger charge is -2.21. The third-order valence-corrected chi connectivity index (χ3v) is 9.57. The van der Waals surface area contributed by atoms with Gasteiger partial charge in [0.2, 0.25) is 0 Å². The van der Waals surface area contributed by atoms with Crippen molar-refractivity contribution in [3.05, 3.63) is 24.3 Å². The summed E-state index contributed by atoms with van der Waals surface area (Å²) in [6.45, 7) is 17.7. The Morgan fingerprint density at radius 2 is 0.636 bits per heavy atom. The molecule has 0 aromatic carbocycles. The van der Waals surface area contributed by atoms with Gasteiger partial charge in [0.05, 0.1) is 13.2 Å². The summed E-state index contributed by atoms with van der Waals surface area (Å²) in [6, 6.07) is 0. The molecule has 0 fully saturated rings. The average molecular weight is 783 g/mol. The molecule has 0 spiro atoms. The van der Waals surface area contributed by atoms with E-state index < -0.39 is 0 Å². The van der Waals surface area contributed by atoms with Crippen LogP contribution in [0.5, 0.6) is 0 Å². The fourth-order valence-corrected chi connectivity index (χ4v) is 6.27. The van der Waals surface area contributed by atoms with Gasteiger partial charge in [-0.25, -0.2) is 0 Å². The van der Waals surface area contributed by atoms with Gasteiger partial charge in [-0.1, -0.05) is 144 Å². The van der Waals surface area contributed by atoms with Gasteiger partial charge in [0, 0.05) is 26.4 Å². The molecule has 7 heteroatoms. The van der Waals surface area contributed by atoms with Crippen LogP contribution in [0, 0.1) is 0 Å². The molecule has 0 aliphatic carbocycles. The standard InChI is InChI=1S/C48H94O7/c1-7-13-33-43-53-47(37-31-27-23-19-15-17-21-25-29-35-45(49-39-9-3)50-40-10-4)55-48(54-44-34-14-8-2)38-32-28-24-20-16-18-22-26-30-36-46(51-41-11-5)52-42-12-6/h31-32,37-38,45-48H,7-30,33-36,39-44H2,1-6H3. The Labute approximate surface area is 342 Å². The summed E-state index contributed by atoms with van der Waals surface area (Å²) < 4.78 is 42.4. The van der Waals surface area contributed by atoms with E-state index in [0.717, 1.165) is 90.6 Å². The van der Waals surface area contributed by atoms with E-state index >= 15 is 0 Å². The molecular formula is C48H94O7. The molecule has 0 amide bonds. The van der Waals surface area contributed by atoms with Crippen LogP contribution < -0.4 is 0 Å². The summed E-state index contributed by atoms with van der Waals surface area (Å²) in [5, 5.41) is 0. The minimum atomic E-state index is -0.379. The van der Waals surface area contributed by atoms with Gasteiger partial charge in [-0.05, 0) is 102 Å². The molecule has 0 aromatic heterocycles. The fraction of sp³-hybridized carbons (Fsp3) is 0.917. The molecule has 2 atom stereocenters. The average Bonchev–Trinajstić information content (AvgIpc) is 3.20. The second-order valence-electron chi connectivity index (χ2n) is 15.3. The SMILES string of the molecule is CCCCCOC(C=CCCCCCCCCCC(OCCC)OCCC)OC(C=CCCCCCCCCCC(OCCC)OCCC)OCCCCC. The van der Waals surface area contributed by atoms with E-state index in [4.69, 9.17) is 33.2 Å². The first-order chi connectivity index (χ1) is 27.1. The summed E-state index contributed by atoms with van der Waals surface area (Å²) in [6.07, 6.45) is 40.8. The molecule has 0 aliphatic rings. The molecule has 55 heavy (non-hydrogen) atoms. The minimum absolute atomic E-state index is 0.0172. The molecular weight excluding hydrogens is 689 g/mol. The summed E-state index contributed by atoms with van der Waals surface area (Å²) in [4.78, 5) is 0. The largest absolute Gasteiger partial charge is 0.353 e. The van der Waals surface area contributed by atoms with Gasteiger partial charge in [0.1, 0.15) is 0 Å². The van der Waals surface area contributed by atoms with Crippen molar-refractivity contribution in [3.8, 4) is 0 Å². The number of unbranched alkanes of at least 4 members (excludes halogenated alkanes) is 18. The molecule has 0 aromatic rings. The van der Waals surface area contributed by atoms with E-state index in [1.54, 1.807) is 0 Å². The van der Waals surface area contributed by atoms with Gasteiger partial charge in [-0.3, -0.25) is 0 Å². The van der Waals surface area contributed by atoms with Crippen LogP contribution in [0.1, 0.15) is 221 Å². The predicted octanol–water partition coefficient (Wildman–Crippen LogP) is 14.6. The maximum absolute atomic E-state index is 6.44. The molecule has 0 rings (SSSR count). The molecule has 0 saturated carbocycles. The van der Waals surface area contributed by atoms with Crippen molar-refractivity contribution in [2.24, 2.45) is 0 Å². The molecule has 0 aliphatic heterocycles. The van der Waals surface area contributed by atoms with E-state index in [1.165, 1.54) is 116 Å². The van der Waals surface area contributed by atoms with E-state index in [2.05, 4.69) is 65.8 Å². The number of rotatable bonds is 46. The van der Waals surface area contributed by atoms with Crippen molar-refractivity contribution in [1.82, 2.24) is 0 Å². The van der Waals surface area contributed by atoms with Gasteiger partial charge < -0.3 is 33.2 Å². The van der Waals surface area contributed by atoms with Gasteiger partial charge >= 0.3 is 0 Å². The van der Waals surface area contributed by atoms with Crippen molar-refractivity contribution in [2.75, 3.05) is 39.6 Å². The van der Waals surface area contributed by atoms with Crippen LogP contribution in [0.2, 0.25) is 0 Å². The zero-order valence-electron chi connectivity index (χ0n) is 37.5. The summed E-state index contributed by atoms with van der Waals surface area (Å²) in [5.41, 5.74) is 0. The highest BCUT2D eigenvalue weighted by molar-refractivity contribution is 4.89. The number of allylic oxidation sites excluding steroid dienone is 2. The molecule has 2 unspecified atom stereocenters. The van der Waals surface area contributed by atoms with Gasteiger partial charge in [-0.2, -0.15) is 0 Å². The Hall–Kier alpha value is -0.800. The maximum Gasteiger partial charge on any atom is 0.180 e. The molecule has 0 N–H and O–H groups in total. The monoisotopic (exact) mass is 783 g/mol. The molecule has 0 radical (unpaired) electrons. The second-order valence-corrected chi connectivity index (χ2v) is 15.3. The lowest BCUT2D eigenvalue weighted by molar-refractivity contribution is -0.208. The molecule has 328 valence electrons. The van der Waals surface area contributed by atoms with Crippen LogP contribution >= 0.6 is 0 Å². The quantitative estimate of drug-likeness (QED) is 0.0346. The Morgan fingerprint density at radius 1 is 0.309 bits per heavy atom. The van der Waals surface area contributed by atoms with Crippen molar-refractivity contribution >= 4 is 0 Å². The van der Waals surface area contributed by atoms with Crippen LogP contribution in [0.25, 0.3) is 0 Å². The van der Waals surface area contributed by atoms with E-state index in [-0.39, 0.29) is 25.2 Å². The Bertz CT molecular complexity index is 697. The van der Waals surface area contributed by atoms with Gasteiger partial charge in [0.15, 0.2) is 25.2 Å². The minimum Gasteiger partial charge on any atom is -0.353 e. The third-order valence-electron chi connectivity index (χ3n) is 9.57. The Kier molecular flexibility index (Phi) is 45.2. The van der Waals surface area contributed by atoms with Crippen molar-refractivity contribution in [3.63, 3.8) is 0 Å². The summed E-state index contributed by atoms with van der Waals surface area (Å²) >= 11 is 0. The Balaban J connectivity index is 4.57. The van der Waals surface area contributed by atoms with Gasteiger partial charge in [-0.15, -0.1) is 0 Å². The fourth-order valence-electron chi connectivity index (χ4n) is 6.27. The van der Waals surface area contributed by atoms with Gasteiger partial charge in [0.25, 0.3) is 0 Å². The van der Waals surface area contributed by atoms with Crippen LogP contribution in [0.3, 0.4) is 0 Å². The first kappa shape index (κ1) is 54.2. The smallest absolute Gasteiger partial charge is 0.180 e. The lowest BCUT2D eigenvalue weighted by Crippen LogP contribution is -2.25. The molecule has 0 saturated heterocycles. The highest BCUT2D eigenvalue weighted by Crippen LogP contribution is 2.16. The maximum atomic E-state index is 6.44. The number of hydrogen-bond acceptors (Lipinski definition) is 7. The highest BCUT2D eigenvalue weighted by Gasteiger charge is 2.14. The van der Waals surface area contributed by atoms with Crippen LogP contribution in [0.4, 0.5) is 0 Å². The van der Waals surface area contributed by atoms with Crippen molar-refractivity contribution in [2.45, 2.75) is 246 Å². The molecule has 0 heterocycles. The number of hydrogen-bond donors (Lipinski definition) is 0. The van der Waals surface area contributed by atoms with E-state index in [0.29, 0.717) is 13.2 Å². The number of ether oxygens (including phenoxy) is 7. The van der Waals surface area contributed by atoms with Crippen molar-refractivity contribution < 1.29 is 33.2 Å². The van der Waals surface area contributed by atoms with Crippen LogP contribution in [0.15, 0.2) is 24.3 Å². The normalized spacial score (nSPS) is 13.4. The summed E-state index contributed by atoms with van der Waals surface area (Å²) in [7, 11) is 0. The van der Waals surface area contributed by atoms with Crippen molar-refractivity contribution in [1.29, 1.82) is 0 Å². The Morgan fingerprint density at radius 3 is 0.964 bits per heavy atom. The lowest BCUT2D eigenvalue weighted by atomic mass is 10.1. The van der Waals surface area contributed by atoms with E-state index in [1.807, 2.05) is 0 Å².